The Morgan fingerprint density at radius 2 is 1.88 bits per heavy atom. The van der Waals surface area contributed by atoms with E-state index in [0.29, 0.717) is 0 Å². The Bertz CT molecular complexity index is 1770. The van der Waals surface area contributed by atoms with Gasteiger partial charge in [-0.3, -0.25) is 14.5 Å². The van der Waals surface area contributed by atoms with Gasteiger partial charge in [-0.1, -0.05) is 5.92 Å². The second-order valence-electron chi connectivity index (χ2n) is 10.2. The van der Waals surface area contributed by atoms with Crippen molar-refractivity contribution >= 4 is 22.9 Å². The molecule has 3 aliphatic rings. The molecular formula is C30H27N9O. The fourth-order valence-corrected chi connectivity index (χ4v) is 5.74. The van der Waals surface area contributed by atoms with Crippen molar-refractivity contribution in [3.8, 4) is 34.1 Å². The van der Waals surface area contributed by atoms with Gasteiger partial charge in [0.1, 0.15) is 5.82 Å². The third-order valence-electron chi connectivity index (χ3n) is 7.71. The monoisotopic (exact) mass is 529 g/mol. The van der Waals surface area contributed by atoms with Crippen LogP contribution in [0.25, 0.3) is 27.8 Å². The van der Waals surface area contributed by atoms with Crippen LogP contribution in [-0.4, -0.2) is 72.4 Å². The maximum atomic E-state index is 12.8. The predicted octanol–water partition coefficient (Wildman–Crippen LogP) is 3.07. The van der Waals surface area contributed by atoms with E-state index in [1.165, 1.54) is 0 Å². The minimum atomic E-state index is -0.119. The summed E-state index contributed by atoms with van der Waals surface area (Å²) < 4.78 is 3.70. The van der Waals surface area contributed by atoms with Crippen molar-refractivity contribution in [3.63, 3.8) is 0 Å². The largest absolute Gasteiger partial charge is 0.385 e. The predicted molar refractivity (Wildman–Crippen MR) is 153 cm³/mol. The SMILES string of the molecule is CNc1cnn2cc(-c3cnn(C)c3)cc(-c3ccc(N4CC5CC(C4)N5C(=O)C#Cc4cccnc4)nc3)c12. The van der Waals surface area contributed by atoms with Gasteiger partial charge in [-0.05, 0) is 36.8 Å². The summed E-state index contributed by atoms with van der Waals surface area (Å²) in [6, 6.07) is 10.3. The Balaban J connectivity index is 1.12. The molecule has 10 heteroatoms. The highest BCUT2D eigenvalue weighted by Crippen LogP contribution is 2.36. The number of carbonyl (C=O) groups is 1. The number of rotatable bonds is 4. The first kappa shape index (κ1) is 23.9. The van der Waals surface area contributed by atoms with E-state index in [0.717, 1.165) is 64.3 Å². The number of carbonyl (C=O) groups excluding carboxylic acids is 1. The van der Waals surface area contributed by atoms with Gasteiger partial charge in [0.05, 0.1) is 35.7 Å². The molecule has 8 heterocycles. The molecule has 2 unspecified atom stereocenters. The molecule has 5 aromatic heterocycles. The maximum absolute atomic E-state index is 12.8. The summed E-state index contributed by atoms with van der Waals surface area (Å²) in [5.41, 5.74) is 6.77. The molecule has 198 valence electrons. The number of nitrogens with zero attached hydrogens (tertiary/aromatic N) is 8. The summed E-state index contributed by atoms with van der Waals surface area (Å²) in [5, 5.41) is 12.2. The van der Waals surface area contributed by atoms with Gasteiger partial charge in [0.15, 0.2) is 0 Å². The van der Waals surface area contributed by atoms with E-state index in [4.69, 9.17) is 4.98 Å². The van der Waals surface area contributed by atoms with Gasteiger partial charge in [-0.25, -0.2) is 9.50 Å². The van der Waals surface area contributed by atoms with Crippen LogP contribution in [0.15, 0.2) is 73.7 Å². The lowest BCUT2D eigenvalue weighted by molar-refractivity contribution is -0.139. The fraction of sp³-hybridized carbons (Fsp3) is 0.233. The number of aromatic nitrogens is 6. The molecule has 1 amide bonds. The van der Waals surface area contributed by atoms with Crippen molar-refractivity contribution in [3.05, 3.63) is 79.3 Å². The summed E-state index contributed by atoms with van der Waals surface area (Å²) in [7, 11) is 3.81. The Labute approximate surface area is 231 Å². The lowest BCUT2D eigenvalue weighted by atomic mass is 9.87. The molecule has 3 fully saturated rings. The quantitative estimate of drug-likeness (QED) is 0.358. The van der Waals surface area contributed by atoms with Crippen molar-refractivity contribution in [2.45, 2.75) is 18.5 Å². The van der Waals surface area contributed by atoms with Crippen molar-refractivity contribution in [1.29, 1.82) is 0 Å². The average Bonchev–Trinajstić information content (AvgIpc) is 3.62. The molecule has 3 aliphatic heterocycles. The second-order valence-corrected chi connectivity index (χ2v) is 10.2. The number of aryl methyl sites for hydroxylation is 1. The normalized spacial score (nSPS) is 17.8. The van der Waals surface area contributed by atoms with Crippen molar-refractivity contribution in [2.24, 2.45) is 7.05 Å². The molecule has 3 saturated heterocycles. The van der Waals surface area contributed by atoms with Crippen LogP contribution in [0.1, 0.15) is 12.0 Å². The van der Waals surface area contributed by atoms with Gasteiger partial charge in [0, 0.05) is 91.9 Å². The van der Waals surface area contributed by atoms with Crippen LogP contribution in [0.4, 0.5) is 11.5 Å². The van der Waals surface area contributed by atoms with Crippen molar-refractivity contribution in [2.75, 3.05) is 30.4 Å². The third-order valence-corrected chi connectivity index (χ3v) is 7.71. The first-order valence-corrected chi connectivity index (χ1v) is 13.2. The molecule has 0 radical (unpaired) electrons. The van der Waals surface area contributed by atoms with Gasteiger partial charge in [0.25, 0.3) is 5.91 Å². The van der Waals surface area contributed by atoms with Crippen LogP contribution in [0.5, 0.6) is 0 Å². The number of pyridine rings is 3. The lowest BCUT2D eigenvalue weighted by Crippen LogP contribution is -2.70. The van der Waals surface area contributed by atoms with E-state index in [-0.39, 0.29) is 18.0 Å². The topological polar surface area (TPSA) is 96.5 Å². The molecule has 0 spiro atoms. The Hall–Kier alpha value is -5.17. The van der Waals surface area contributed by atoms with Crippen LogP contribution in [-0.2, 0) is 11.8 Å². The highest BCUT2D eigenvalue weighted by molar-refractivity contribution is 5.95. The summed E-state index contributed by atoms with van der Waals surface area (Å²) in [5.74, 6) is 6.52. The summed E-state index contributed by atoms with van der Waals surface area (Å²) in [6.45, 7) is 1.49. The first-order valence-electron chi connectivity index (χ1n) is 13.2. The van der Waals surface area contributed by atoms with Crippen LogP contribution < -0.4 is 10.2 Å². The van der Waals surface area contributed by atoms with Crippen molar-refractivity contribution in [1.82, 2.24) is 34.3 Å². The number of piperazine rings is 1. The van der Waals surface area contributed by atoms with Crippen molar-refractivity contribution < 1.29 is 4.79 Å². The van der Waals surface area contributed by atoms with Gasteiger partial charge in [0.2, 0.25) is 0 Å². The van der Waals surface area contributed by atoms with Crippen LogP contribution in [0, 0.1) is 11.8 Å². The second kappa shape index (κ2) is 9.54. The molecule has 2 bridgehead atoms. The zero-order chi connectivity index (χ0) is 27.2. The Morgan fingerprint density at radius 3 is 2.58 bits per heavy atom. The van der Waals surface area contributed by atoms with Crippen LogP contribution in [0.3, 0.4) is 0 Å². The van der Waals surface area contributed by atoms with Gasteiger partial charge in [-0.15, -0.1) is 0 Å². The van der Waals surface area contributed by atoms with E-state index < -0.39 is 0 Å². The first-order chi connectivity index (χ1) is 19.6. The standard InChI is InChI=1S/C30H27N9O/c1-31-27-15-35-38-17-22(23-14-34-36(2)16-23)10-26(30(27)38)21-6-7-28(33-13-21)37-18-24-11-25(19-37)39(24)29(40)8-5-20-4-3-9-32-12-20/h3-4,6-7,9-10,12-17,24-25,31H,11,18-19H2,1-2H3. The minimum Gasteiger partial charge on any atom is -0.385 e. The molecule has 8 rings (SSSR count). The molecule has 10 nitrogen and oxygen atoms in total. The highest BCUT2D eigenvalue weighted by Gasteiger charge is 2.47. The fourth-order valence-electron chi connectivity index (χ4n) is 5.74. The molecule has 0 aromatic carbocycles. The number of nitrogens with one attached hydrogen (secondary N) is 1. The molecule has 0 aliphatic carbocycles. The van der Waals surface area contributed by atoms with Crippen LogP contribution in [0.2, 0.25) is 0 Å². The number of fused-ring (bicyclic) bond motifs is 3. The zero-order valence-electron chi connectivity index (χ0n) is 22.2. The lowest BCUT2D eigenvalue weighted by Gasteiger charge is -2.55. The molecular weight excluding hydrogens is 502 g/mol. The number of piperidine rings is 1. The molecule has 0 saturated carbocycles. The van der Waals surface area contributed by atoms with E-state index in [2.05, 4.69) is 55.4 Å². The average molecular weight is 530 g/mol. The zero-order valence-corrected chi connectivity index (χ0v) is 22.2. The minimum absolute atomic E-state index is 0.119. The summed E-state index contributed by atoms with van der Waals surface area (Å²) in [4.78, 5) is 25.9. The summed E-state index contributed by atoms with van der Waals surface area (Å²) in [6.07, 6.45) is 14.0. The molecule has 40 heavy (non-hydrogen) atoms. The van der Waals surface area contributed by atoms with E-state index in [1.807, 2.05) is 66.6 Å². The number of anilines is 2. The number of amides is 1. The Kier molecular flexibility index (Phi) is 5.70. The van der Waals surface area contributed by atoms with E-state index in [1.54, 1.807) is 17.1 Å². The van der Waals surface area contributed by atoms with E-state index in [9.17, 15) is 4.79 Å². The van der Waals surface area contributed by atoms with Gasteiger partial charge >= 0.3 is 0 Å². The molecule has 2 atom stereocenters. The smallest absolute Gasteiger partial charge is 0.299 e. The number of hydrogen-bond donors (Lipinski definition) is 1. The third kappa shape index (κ3) is 4.12. The van der Waals surface area contributed by atoms with Crippen LogP contribution >= 0.6 is 0 Å². The number of hydrogen-bond acceptors (Lipinski definition) is 7. The highest BCUT2D eigenvalue weighted by atomic mass is 16.2. The van der Waals surface area contributed by atoms with E-state index >= 15 is 0 Å². The van der Waals surface area contributed by atoms with Gasteiger partial charge in [-0.2, -0.15) is 10.2 Å². The Morgan fingerprint density at radius 1 is 1.00 bits per heavy atom. The molecule has 5 aromatic rings. The van der Waals surface area contributed by atoms with Gasteiger partial charge < -0.3 is 15.1 Å². The maximum Gasteiger partial charge on any atom is 0.299 e. The molecule has 1 N–H and O–H groups in total. The summed E-state index contributed by atoms with van der Waals surface area (Å²) >= 11 is 0.